The van der Waals surface area contributed by atoms with E-state index in [-0.39, 0.29) is 5.78 Å². The van der Waals surface area contributed by atoms with Gasteiger partial charge in [0, 0.05) is 30.5 Å². The Morgan fingerprint density at radius 2 is 1.75 bits per heavy atom. The number of para-hydroxylation sites is 1. The number of carbonyl (C=O) groups is 1. The van der Waals surface area contributed by atoms with Crippen LogP contribution in [-0.2, 0) is 4.79 Å². The van der Waals surface area contributed by atoms with Gasteiger partial charge in [0.25, 0.3) is 0 Å². The van der Waals surface area contributed by atoms with Crippen LogP contribution < -0.4 is 4.90 Å². The monoisotopic (exact) mass is 395 g/mol. The van der Waals surface area contributed by atoms with Crippen LogP contribution in [0.25, 0.3) is 22.3 Å². The minimum Gasteiger partial charge on any atom is -0.356 e. The number of benzene rings is 2. The highest BCUT2D eigenvalue weighted by Gasteiger charge is 2.16. The number of Topliss-reactive ketones (excluding diaryl/α,β-unsaturated/α-hetero) is 1. The van der Waals surface area contributed by atoms with E-state index in [0.717, 1.165) is 54.6 Å². The Morgan fingerprint density at radius 3 is 2.50 bits per heavy atom. The predicted molar refractivity (Wildman–Crippen MR) is 117 cm³/mol. The number of nitrogens with zero attached hydrogens (tertiary/aromatic N) is 3. The van der Waals surface area contributed by atoms with E-state index in [1.165, 1.54) is 0 Å². The Kier molecular flexibility index (Phi) is 6.99. The summed E-state index contributed by atoms with van der Waals surface area (Å²) in [7, 11) is 0. The number of unbranched alkanes of at least 4 members (excludes halogenated alkanes) is 1. The first kappa shape index (κ1) is 20.3. The molecule has 2 aromatic carbocycles. The lowest BCUT2D eigenvalue weighted by Gasteiger charge is -2.25. The molecule has 0 aliphatic carbocycles. The third-order valence-electron chi connectivity index (χ3n) is 4.70. The van der Waals surface area contributed by atoms with Crippen LogP contribution >= 0.6 is 11.6 Å². The minimum absolute atomic E-state index is 0.246. The van der Waals surface area contributed by atoms with Gasteiger partial charge in [0.15, 0.2) is 5.82 Å². The number of aromatic nitrogens is 2. The largest absolute Gasteiger partial charge is 0.356 e. The molecule has 0 atom stereocenters. The molecule has 28 heavy (non-hydrogen) atoms. The van der Waals surface area contributed by atoms with Crippen LogP contribution in [0.3, 0.4) is 0 Å². The zero-order chi connectivity index (χ0) is 19.9. The first-order valence-electron chi connectivity index (χ1n) is 9.86. The van der Waals surface area contributed by atoms with Crippen molar-refractivity contribution in [1.29, 1.82) is 0 Å². The fraction of sp³-hybridized carbons (Fsp3) is 0.348. The van der Waals surface area contributed by atoms with Gasteiger partial charge in [-0.1, -0.05) is 42.8 Å². The number of ketones is 1. The normalized spacial score (nSPS) is 11.0. The second-order valence-corrected chi connectivity index (χ2v) is 7.42. The van der Waals surface area contributed by atoms with Gasteiger partial charge in [0.1, 0.15) is 11.6 Å². The first-order chi connectivity index (χ1) is 13.6. The van der Waals surface area contributed by atoms with Gasteiger partial charge in [-0.15, -0.1) is 0 Å². The van der Waals surface area contributed by atoms with Gasteiger partial charge < -0.3 is 9.69 Å². The van der Waals surface area contributed by atoms with Gasteiger partial charge in [-0.3, -0.25) is 0 Å². The topological polar surface area (TPSA) is 46.1 Å². The second kappa shape index (κ2) is 9.65. The summed E-state index contributed by atoms with van der Waals surface area (Å²) in [4.78, 5) is 23.2. The SMILES string of the molecule is CCCN(CCCCC(C)=O)c1nc(-c2ccccc2Cl)nc2ccccc12. The fourth-order valence-corrected chi connectivity index (χ4v) is 3.55. The highest BCUT2D eigenvalue weighted by atomic mass is 35.5. The van der Waals surface area contributed by atoms with Crippen LogP contribution in [0.5, 0.6) is 0 Å². The third-order valence-corrected chi connectivity index (χ3v) is 5.03. The summed E-state index contributed by atoms with van der Waals surface area (Å²) in [5.41, 5.74) is 1.75. The highest BCUT2D eigenvalue weighted by molar-refractivity contribution is 6.33. The van der Waals surface area contributed by atoms with E-state index in [9.17, 15) is 4.79 Å². The molecule has 1 aromatic heterocycles. The van der Waals surface area contributed by atoms with Gasteiger partial charge in [-0.2, -0.15) is 0 Å². The number of carbonyl (C=O) groups excluding carboxylic acids is 1. The highest BCUT2D eigenvalue weighted by Crippen LogP contribution is 2.31. The van der Waals surface area contributed by atoms with E-state index >= 15 is 0 Å². The maximum atomic E-state index is 11.2. The van der Waals surface area contributed by atoms with Crippen molar-refractivity contribution in [3.63, 3.8) is 0 Å². The van der Waals surface area contributed by atoms with Gasteiger partial charge in [-0.25, -0.2) is 9.97 Å². The molecule has 1 heterocycles. The second-order valence-electron chi connectivity index (χ2n) is 7.01. The third kappa shape index (κ3) is 4.87. The van der Waals surface area contributed by atoms with E-state index in [4.69, 9.17) is 21.6 Å². The molecular formula is C23H26ClN3O. The van der Waals surface area contributed by atoms with Crippen LogP contribution in [0.15, 0.2) is 48.5 Å². The zero-order valence-corrected chi connectivity index (χ0v) is 17.2. The lowest BCUT2D eigenvalue weighted by molar-refractivity contribution is -0.117. The van der Waals surface area contributed by atoms with Crippen LogP contribution in [0.2, 0.25) is 5.02 Å². The zero-order valence-electron chi connectivity index (χ0n) is 16.5. The molecule has 0 aliphatic heterocycles. The summed E-state index contributed by atoms with van der Waals surface area (Å²) in [6.45, 7) is 5.59. The predicted octanol–water partition coefficient (Wildman–Crippen LogP) is 5.93. The summed E-state index contributed by atoms with van der Waals surface area (Å²) in [5.74, 6) is 1.82. The van der Waals surface area contributed by atoms with Crippen molar-refractivity contribution in [2.24, 2.45) is 0 Å². The summed E-state index contributed by atoms with van der Waals surface area (Å²) >= 11 is 6.41. The van der Waals surface area contributed by atoms with E-state index in [1.807, 2.05) is 42.5 Å². The molecule has 0 saturated carbocycles. The first-order valence-corrected chi connectivity index (χ1v) is 10.2. The van der Waals surface area contributed by atoms with Crippen molar-refractivity contribution >= 4 is 34.1 Å². The summed E-state index contributed by atoms with van der Waals surface area (Å²) in [5, 5.41) is 1.69. The molecular weight excluding hydrogens is 370 g/mol. The number of rotatable bonds is 9. The number of fused-ring (bicyclic) bond motifs is 1. The van der Waals surface area contributed by atoms with Crippen molar-refractivity contribution in [1.82, 2.24) is 9.97 Å². The molecule has 0 aliphatic rings. The van der Waals surface area contributed by atoms with Crippen molar-refractivity contribution in [3.8, 4) is 11.4 Å². The number of hydrogen-bond donors (Lipinski definition) is 0. The van der Waals surface area contributed by atoms with Crippen LogP contribution in [0, 0.1) is 0 Å². The van der Waals surface area contributed by atoms with Crippen LogP contribution in [-0.4, -0.2) is 28.8 Å². The molecule has 4 nitrogen and oxygen atoms in total. The van der Waals surface area contributed by atoms with Crippen LogP contribution in [0.4, 0.5) is 5.82 Å². The molecule has 0 radical (unpaired) electrons. The number of hydrogen-bond acceptors (Lipinski definition) is 4. The quantitative estimate of drug-likeness (QED) is 0.421. The summed E-state index contributed by atoms with van der Waals surface area (Å²) in [6, 6.07) is 15.8. The lowest BCUT2D eigenvalue weighted by atomic mass is 10.1. The van der Waals surface area contributed by atoms with Gasteiger partial charge >= 0.3 is 0 Å². The molecule has 146 valence electrons. The molecule has 0 amide bonds. The van der Waals surface area contributed by atoms with Crippen molar-refractivity contribution in [2.75, 3.05) is 18.0 Å². The minimum atomic E-state index is 0.246. The Hall–Kier alpha value is -2.46. The Balaban J connectivity index is 2.01. The van der Waals surface area contributed by atoms with E-state index < -0.39 is 0 Å². The molecule has 5 heteroatoms. The molecule has 3 rings (SSSR count). The number of anilines is 1. The average Bonchev–Trinajstić information content (AvgIpc) is 2.70. The molecule has 0 saturated heterocycles. The van der Waals surface area contributed by atoms with Crippen molar-refractivity contribution in [3.05, 3.63) is 53.6 Å². The molecule has 0 N–H and O–H groups in total. The molecule has 0 spiro atoms. The Bertz CT molecular complexity index is 957. The van der Waals surface area contributed by atoms with Gasteiger partial charge in [0.2, 0.25) is 0 Å². The van der Waals surface area contributed by atoms with Crippen molar-refractivity contribution in [2.45, 2.75) is 39.5 Å². The van der Waals surface area contributed by atoms with E-state index in [0.29, 0.717) is 17.3 Å². The van der Waals surface area contributed by atoms with E-state index in [2.05, 4.69) is 17.9 Å². The fourth-order valence-electron chi connectivity index (χ4n) is 3.33. The molecule has 3 aromatic rings. The average molecular weight is 396 g/mol. The smallest absolute Gasteiger partial charge is 0.163 e. The van der Waals surface area contributed by atoms with Crippen molar-refractivity contribution < 1.29 is 4.79 Å². The molecule has 0 bridgehead atoms. The lowest BCUT2D eigenvalue weighted by Crippen LogP contribution is -2.27. The molecule has 0 fully saturated rings. The maximum absolute atomic E-state index is 11.2. The Morgan fingerprint density at radius 1 is 1.00 bits per heavy atom. The Labute approximate surface area is 171 Å². The standard InChI is InChI=1S/C23H26ClN3O/c1-3-15-27(16-9-8-10-17(2)28)23-19-12-5-7-14-21(19)25-22(26-23)18-11-4-6-13-20(18)24/h4-7,11-14H,3,8-10,15-16H2,1-2H3. The summed E-state index contributed by atoms with van der Waals surface area (Å²) in [6.07, 6.45) is 3.51. The summed E-state index contributed by atoms with van der Waals surface area (Å²) < 4.78 is 0. The molecule has 0 unspecified atom stereocenters. The van der Waals surface area contributed by atoms with Gasteiger partial charge in [0.05, 0.1) is 10.5 Å². The van der Waals surface area contributed by atoms with Crippen LogP contribution in [0.1, 0.15) is 39.5 Å². The van der Waals surface area contributed by atoms with Gasteiger partial charge in [-0.05, 0) is 50.5 Å². The van der Waals surface area contributed by atoms with E-state index in [1.54, 1.807) is 6.92 Å². The number of halogens is 1. The maximum Gasteiger partial charge on any atom is 0.163 e.